The van der Waals surface area contributed by atoms with Gasteiger partial charge in [0.05, 0.1) is 0 Å². The summed E-state index contributed by atoms with van der Waals surface area (Å²) in [6.45, 7) is 5.81. The minimum atomic E-state index is 0.873. The molecule has 0 amide bonds. The van der Waals surface area contributed by atoms with E-state index in [4.69, 9.17) is 0 Å². The zero-order chi connectivity index (χ0) is 5.98. The lowest BCUT2D eigenvalue weighted by Gasteiger charge is -1.83. The predicted molar refractivity (Wildman–Crippen MR) is 35.7 cm³/mol. The van der Waals surface area contributed by atoms with Crippen LogP contribution in [-0.4, -0.2) is 0 Å². The second-order valence-electron chi connectivity index (χ2n) is 2.39. The third-order valence-corrected chi connectivity index (χ3v) is 1.66. The maximum Gasteiger partial charge on any atom is -0.00838 e. The molecule has 0 nitrogen and oxygen atoms in total. The van der Waals surface area contributed by atoms with Crippen LogP contribution in [0.2, 0.25) is 0 Å². The van der Waals surface area contributed by atoms with Crippen LogP contribution in [-0.2, 0) is 0 Å². The second kappa shape index (κ2) is 2.19. The highest BCUT2D eigenvalue weighted by Crippen LogP contribution is 2.39. The molecule has 44 valence electrons. The normalized spacial score (nSPS) is 25.1. The highest BCUT2D eigenvalue weighted by Gasteiger charge is 2.27. The van der Waals surface area contributed by atoms with Gasteiger partial charge in [-0.05, 0) is 24.3 Å². The molecule has 0 aromatic carbocycles. The molecule has 0 radical (unpaired) electrons. The Hall–Kier alpha value is -0.480. The van der Waals surface area contributed by atoms with Crippen LogP contribution in [0.1, 0.15) is 26.2 Å². The Labute approximate surface area is 50.9 Å². The van der Waals surface area contributed by atoms with Crippen molar-refractivity contribution in [3.8, 4) is 0 Å². The van der Waals surface area contributed by atoms with Crippen molar-refractivity contribution in [2.24, 2.45) is 5.92 Å². The van der Waals surface area contributed by atoms with Gasteiger partial charge in [-0.15, -0.1) is 5.73 Å². The fourth-order valence-electron chi connectivity index (χ4n) is 1.05. The van der Waals surface area contributed by atoms with Crippen molar-refractivity contribution in [3.05, 3.63) is 17.9 Å². The van der Waals surface area contributed by atoms with Gasteiger partial charge in [-0.25, -0.2) is 0 Å². The van der Waals surface area contributed by atoms with Crippen molar-refractivity contribution >= 4 is 0 Å². The molecule has 0 N–H and O–H groups in total. The van der Waals surface area contributed by atoms with E-state index in [1.165, 1.54) is 24.8 Å². The van der Waals surface area contributed by atoms with Crippen molar-refractivity contribution in [2.45, 2.75) is 26.2 Å². The number of allylic oxidation sites excluding steroid dienone is 1. The summed E-state index contributed by atoms with van der Waals surface area (Å²) < 4.78 is 0. The lowest BCUT2D eigenvalue weighted by Crippen LogP contribution is -1.69. The van der Waals surface area contributed by atoms with Crippen LogP contribution in [0.15, 0.2) is 17.9 Å². The van der Waals surface area contributed by atoms with E-state index in [1.54, 1.807) is 0 Å². The largest absolute Gasteiger partial charge is 0.129 e. The summed E-state index contributed by atoms with van der Waals surface area (Å²) in [6.07, 6.45) is 3.92. The van der Waals surface area contributed by atoms with Gasteiger partial charge in [0, 0.05) is 0 Å². The molecule has 1 aliphatic rings. The SMILES string of the molecule is C=C=C1CC1CCC. The summed E-state index contributed by atoms with van der Waals surface area (Å²) in [4.78, 5) is 0. The van der Waals surface area contributed by atoms with E-state index >= 15 is 0 Å². The molecule has 1 atom stereocenters. The smallest absolute Gasteiger partial charge is 0.00838 e. The number of hydrogen-bond donors (Lipinski definition) is 0. The zero-order valence-electron chi connectivity index (χ0n) is 5.41. The lowest BCUT2D eigenvalue weighted by molar-refractivity contribution is 0.727. The van der Waals surface area contributed by atoms with Crippen LogP contribution in [0.3, 0.4) is 0 Å². The maximum absolute atomic E-state index is 3.59. The van der Waals surface area contributed by atoms with Gasteiger partial charge in [-0.2, -0.15) is 0 Å². The van der Waals surface area contributed by atoms with Crippen LogP contribution in [0.25, 0.3) is 0 Å². The standard InChI is InChI=1S/C8H12/c1-3-5-8-6-7(8)4-2/h8H,2-3,5-6H2,1H3. The molecule has 0 spiro atoms. The van der Waals surface area contributed by atoms with E-state index < -0.39 is 0 Å². The molecule has 1 fully saturated rings. The van der Waals surface area contributed by atoms with Crippen LogP contribution in [0.5, 0.6) is 0 Å². The minimum absolute atomic E-state index is 0.873. The first-order valence-corrected chi connectivity index (χ1v) is 3.27. The van der Waals surface area contributed by atoms with E-state index in [0.29, 0.717) is 0 Å². The average Bonchev–Trinajstić information content (AvgIpc) is 2.48. The molecule has 0 aromatic heterocycles. The number of rotatable bonds is 2. The highest BCUT2D eigenvalue weighted by atomic mass is 14.3. The fraction of sp³-hybridized carbons (Fsp3) is 0.625. The van der Waals surface area contributed by atoms with Crippen molar-refractivity contribution in [2.75, 3.05) is 0 Å². The Morgan fingerprint density at radius 3 is 3.00 bits per heavy atom. The fourth-order valence-corrected chi connectivity index (χ4v) is 1.05. The first kappa shape index (κ1) is 5.65. The molecule has 0 aromatic rings. The predicted octanol–water partition coefficient (Wildman–Crippen LogP) is 2.52. The quantitative estimate of drug-likeness (QED) is 0.477. The molecule has 0 aliphatic heterocycles. The molecule has 0 bridgehead atoms. The van der Waals surface area contributed by atoms with E-state index in [1.807, 2.05) is 0 Å². The van der Waals surface area contributed by atoms with Gasteiger partial charge in [0.2, 0.25) is 0 Å². The Morgan fingerprint density at radius 1 is 1.88 bits per heavy atom. The van der Waals surface area contributed by atoms with E-state index in [0.717, 1.165) is 5.92 Å². The Bertz CT molecular complexity index is 127. The second-order valence-corrected chi connectivity index (χ2v) is 2.39. The van der Waals surface area contributed by atoms with Crippen molar-refractivity contribution in [1.82, 2.24) is 0 Å². The summed E-state index contributed by atoms with van der Waals surface area (Å²) >= 11 is 0. The summed E-state index contributed by atoms with van der Waals surface area (Å²) in [7, 11) is 0. The van der Waals surface area contributed by atoms with E-state index in [2.05, 4.69) is 19.2 Å². The van der Waals surface area contributed by atoms with Crippen LogP contribution in [0.4, 0.5) is 0 Å². The van der Waals surface area contributed by atoms with Gasteiger partial charge < -0.3 is 0 Å². The lowest BCUT2D eigenvalue weighted by atomic mass is 10.2. The summed E-state index contributed by atoms with van der Waals surface area (Å²) in [5, 5.41) is 0. The monoisotopic (exact) mass is 108 g/mol. The molecular formula is C8H12. The van der Waals surface area contributed by atoms with E-state index in [-0.39, 0.29) is 0 Å². The molecule has 0 saturated heterocycles. The molecule has 1 saturated carbocycles. The van der Waals surface area contributed by atoms with Gasteiger partial charge in [0.1, 0.15) is 0 Å². The summed E-state index contributed by atoms with van der Waals surface area (Å²) in [5.74, 6) is 0.873. The van der Waals surface area contributed by atoms with Gasteiger partial charge in [0.25, 0.3) is 0 Å². The van der Waals surface area contributed by atoms with Gasteiger partial charge in [-0.3, -0.25) is 0 Å². The topological polar surface area (TPSA) is 0 Å². The van der Waals surface area contributed by atoms with Crippen molar-refractivity contribution in [3.63, 3.8) is 0 Å². The average molecular weight is 108 g/mol. The maximum atomic E-state index is 3.59. The Kier molecular flexibility index (Phi) is 1.55. The van der Waals surface area contributed by atoms with Crippen molar-refractivity contribution < 1.29 is 0 Å². The first-order chi connectivity index (χ1) is 3.88. The number of hydrogen-bond acceptors (Lipinski definition) is 0. The van der Waals surface area contributed by atoms with E-state index in [9.17, 15) is 0 Å². The minimum Gasteiger partial charge on any atom is -0.129 e. The Morgan fingerprint density at radius 2 is 2.62 bits per heavy atom. The van der Waals surface area contributed by atoms with Gasteiger partial charge >= 0.3 is 0 Å². The van der Waals surface area contributed by atoms with Crippen molar-refractivity contribution in [1.29, 1.82) is 0 Å². The summed E-state index contributed by atoms with van der Waals surface area (Å²) in [5.41, 5.74) is 4.39. The molecule has 1 aliphatic carbocycles. The molecule has 8 heavy (non-hydrogen) atoms. The molecular weight excluding hydrogens is 96.1 g/mol. The van der Waals surface area contributed by atoms with Crippen LogP contribution < -0.4 is 0 Å². The highest BCUT2D eigenvalue weighted by molar-refractivity contribution is 5.20. The Balaban J connectivity index is 2.27. The molecule has 1 unspecified atom stereocenters. The molecule has 0 heterocycles. The molecule has 1 rings (SSSR count). The summed E-state index contributed by atoms with van der Waals surface area (Å²) in [6, 6.07) is 0. The first-order valence-electron chi connectivity index (χ1n) is 3.27. The third kappa shape index (κ3) is 1.02. The van der Waals surface area contributed by atoms with Gasteiger partial charge in [0.15, 0.2) is 0 Å². The van der Waals surface area contributed by atoms with Crippen LogP contribution >= 0.6 is 0 Å². The molecule has 0 heteroatoms. The third-order valence-electron chi connectivity index (χ3n) is 1.66. The zero-order valence-corrected chi connectivity index (χ0v) is 5.41. The van der Waals surface area contributed by atoms with Gasteiger partial charge in [-0.1, -0.05) is 19.9 Å². The van der Waals surface area contributed by atoms with Crippen LogP contribution in [0, 0.1) is 5.92 Å².